The van der Waals surface area contributed by atoms with Gasteiger partial charge < -0.3 is 19.1 Å². The van der Waals surface area contributed by atoms with Gasteiger partial charge in [-0.15, -0.1) is 0 Å². The Labute approximate surface area is 173 Å². The zero-order chi connectivity index (χ0) is 21.7. The summed E-state index contributed by atoms with van der Waals surface area (Å²) in [5.41, 5.74) is -0.168. The van der Waals surface area contributed by atoms with Crippen LogP contribution in [0.5, 0.6) is 11.5 Å². The fourth-order valence-corrected chi connectivity index (χ4v) is 3.10. The molecule has 8 nitrogen and oxygen atoms in total. The highest BCUT2D eigenvalue weighted by molar-refractivity contribution is 5.99. The highest BCUT2D eigenvalue weighted by atomic mass is 19.1. The lowest BCUT2D eigenvalue weighted by Crippen LogP contribution is -2.33. The van der Waals surface area contributed by atoms with E-state index in [0.29, 0.717) is 5.56 Å². The molecule has 1 aliphatic rings. The molecule has 0 bridgehead atoms. The number of nitrogens with zero attached hydrogens (tertiary/aromatic N) is 2. The fourth-order valence-electron chi connectivity index (χ4n) is 3.10. The average Bonchev–Trinajstić information content (AvgIpc) is 3.57. The van der Waals surface area contributed by atoms with E-state index in [2.05, 4.69) is 0 Å². The third-order valence-corrected chi connectivity index (χ3v) is 4.80. The van der Waals surface area contributed by atoms with Crippen molar-refractivity contribution in [3.8, 4) is 11.5 Å². The van der Waals surface area contributed by atoms with Crippen molar-refractivity contribution in [2.24, 2.45) is 0 Å². The molecule has 30 heavy (non-hydrogen) atoms. The van der Waals surface area contributed by atoms with Crippen LogP contribution in [-0.2, 0) is 11.3 Å². The van der Waals surface area contributed by atoms with Crippen LogP contribution in [0.2, 0.25) is 0 Å². The Kier molecular flexibility index (Phi) is 6.83. The van der Waals surface area contributed by atoms with Crippen LogP contribution in [-0.4, -0.2) is 49.2 Å². The van der Waals surface area contributed by atoms with Gasteiger partial charge in [-0.25, -0.2) is 4.39 Å². The molecule has 1 fully saturated rings. The van der Waals surface area contributed by atoms with E-state index in [9.17, 15) is 19.3 Å². The number of hydrogen-bond donors (Lipinski definition) is 0. The molecule has 0 aromatic heterocycles. The minimum Gasteiger partial charge on any atom is -0.493 e. The molecule has 0 aliphatic heterocycles. The fraction of sp³-hybridized carbons (Fsp3) is 0.381. The normalized spacial score (nSPS) is 13.0. The molecule has 0 N–H and O–H groups in total. The van der Waals surface area contributed by atoms with Crippen LogP contribution in [0.25, 0.3) is 0 Å². The van der Waals surface area contributed by atoms with Gasteiger partial charge in [0, 0.05) is 31.3 Å². The van der Waals surface area contributed by atoms with Gasteiger partial charge in [0.25, 0.3) is 11.6 Å². The smallest absolute Gasteiger partial charge is 0.286 e. The van der Waals surface area contributed by atoms with Crippen LogP contribution in [0.4, 0.5) is 10.1 Å². The first-order valence-corrected chi connectivity index (χ1v) is 9.48. The first-order valence-electron chi connectivity index (χ1n) is 9.48. The van der Waals surface area contributed by atoms with Crippen molar-refractivity contribution in [1.82, 2.24) is 4.90 Å². The number of rotatable bonds is 10. The minimum atomic E-state index is -0.635. The Morgan fingerprint density at radius 3 is 2.53 bits per heavy atom. The standard InChI is InChI=1S/C21H23FN2O6/c1-28-9-10-30-20-12-18(24(26)27)16(11-19(20)29-2)21(25)23(15-7-8-15)13-14-5-3-4-6-17(14)22/h3-6,11-12,15H,7-10,13H2,1-2H3. The second kappa shape index (κ2) is 9.53. The number of ether oxygens (including phenoxy) is 3. The molecule has 1 amide bonds. The van der Waals surface area contributed by atoms with E-state index in [0.717, 1.165) is 12.8 Å². The molecule has 160 valence electrons. The SMILES string of the molecule is COCCOc1cc([N+](=O)[O-])c(C(=O)N(Cc2ccccc2F)C2CC2)cc1OC. The summed E-state index contributed by atoms with van der Waals surface area (Å²) in [6.07, 6.45) is 1.53. The second-order valence-electron chi connectivity index (χ2n) is 6.87. The van der Waals surface area contributed by atoms with E-state index in [1.807, 2.05) is 0 Å². The van der Waals surface area contributed by atoms with Crippen molar-refractivity contribution in [2.45, 2.75) is 25.4 Å². The molecular formula is C21H23FN2O6. The van der Waals surface area contributed by atoms with Gasteiger partial charge in [-0.05, 0) is 18.9 Å². The lowest BCUT2D eigenvalue weighted by Gasteiger charge is -2.23. The summed E-state index contributed by atoms with van der Waals surface area (Å²) in [5.74, 6) is -0.634. The van der Waals surface area contributed by atoms with Crippen LogP contribution in [0, 0.1) is 15.9 Å². The molecule has 0 unspecified atom stereocenters. The van der Waals surface area contributed by atoms with Crippen molar-refractivity contribution in [2.75, 3.05) is 27.4 Å². The van der Waals surface area contributed by atoms with Gasteiger partial charge in [0.05, 0.1) is 24.7 Å². The monoisotopic (exact) mass is 418 g/mol. The molecule has 1 saturated carbocycles. The van der Waals surface area contributed by atoms with Crippen molar-refractivity contribution >= 4 is 11.6 Å². The largest absolute Gasteiger partial charge is 0.493 e. The summed E-state index contributed by atoms with van der Waals surface area (Å²) in [4.78, 5) is 25.8. The van der Waals surface area contributed by atoms with Crippen molar-refractivity contribution in [1.29, 1.82) is 0 Å². The lowest BCUT2D eigenvalue weighted by molar-refractivity contribution is -0.385. The highest BCUT2D eigenvalue weighted by Gasteiger charge is 2.37. The summed E-state index contributed by atoms with van der Waals surface area (Å²) in [5, 5.41) is 11.7. The van der Waals surface area contributed by atoms with Crippen LogP contribution in [0.15, 0.2) is 36.4 Å². The summed E-state index contributed by atoms with van der Waals surface area (Å²) >= 11 is 0. The van der Waals surface area contributed by atoms with Gasteiger partial charge in [0.15, 0.2) is 11.5 Å². The molecular weight excluding hydrogens is 395 g/mol. The molecule has 0 spiro atoms. The molecule has 9 heteroatoms. The predicted octanol–water partition coefficient (Wildman–Crippen LogP) is 3.57. The third kappa shape index (κ3) is 4.85. The summed E-state index contributed by atoms with van der Waals surface area (Å²) in [6, 6.07) is 8.57. The predicted molar refractivity (Wildman–Crippen MR) is 106 cm³/mol. The number of amides is 1. The van der Waals surface area contributed by atoms with E-state index in [-0.39, 0.29) is 42.9 Å². The van der Waals surface area contributed by atoms with Gasteiger partial charge in [-0.3, -0.25) is 14.9 Å². The Morgan fingerprint density at radius 2 is 1.93 bits per heavy atom. The summed E-state index contributed by atoms with van der Waals surface area (Å²) < 4.78 is 29.8. The van der Waals surface area contributed by atoms with E-state index < -0.39 is 22.3 Å². The second-order valence-corrected chi connectivity index (χ2v) is 6.87. The third-order valence-electron chi connectivity index (χ3n) is 4.80. The first kappa shape index (κ1) is 21.5. The van der Waals surface area contributed by atoms with Crippen LogP contribution in [0.3, 0.4) is 0 Å². The molecule has 2 aromatic rings. The number of hydrogen-bond acceptors (Lipinski definition) is 6. The van der Waals surface area contributed by atoms with Gasteiger partial charge in [0.1, 0.15) is 18.0 Å². The number of methoxy groups -OCH3 is 2. The Hall–Kier alpha value is -3.20. The maximum absolute atomic E-state index is 14.1. The zero-order valence-electron chi connectivity index (χ0n) is 16.8. The molecule has 0 radical (unpaired) electrons. The van der Waals surface area contributed by atoms with Crippen molar-refractivity contribution in [3.05, 3.63) is 63.5 Å². The summed E-state index contributed by atoms with van der Waals surface area (Å²) in [7, 11) is 2.89. The maximum atomic E-state index is 14.1. The van der Waals surface area contributed by atoms with Gasteiger partial charge >= 0.3 is 0 Å². The minimum absolute atomic E-state index is 0.0295. The number of carbonyl (C=O) groups excluding carboxylic acids is 1. The Balaban J connectivity index is 1.95. The lowest BCUT2D eigenvalue weighted by atomic mass is 10.1. The van der Waals surface area contributed by atoms with Crippen molar-refractivity contribution < 1.29 is 28.3 Å². The van der Waals surface area contributed by atoms with Gasteiger partial charge in [-0.2, -0.15) is 0 Å². The first-order chi connectivity index (χ1) is 14.5. The number of halogens is 1. The number of carbonyl (C=O) groups is 1. The zero-order valence-corrected chi connectivity index (χ0v) is 16.8. The van der Waals surface area contributed by atoms with Gasteiger partial charge in [0.2, 0.25) is 0 Å². The van der Waals surface area contributed by atoms with Crippen LogP contribution >= 0.6 is 0 Å². The summed E-state index contributed by atoms with van der Waals surface area (Å²) in [6.45, 7) is 0.482. The van der Waals surface area contributed by atoms with E-state index in [4.69, 9.17) is 14.2 Å². The van der Waals surface area contributed by atoms with E-state index >= 15 is 0 Å². The molecule has 1 aliphatic carbocycles. The van der Waals surface area contributed by atoms with E-state index in [1.54, 1.807) is 18.2 Å². The van der Waals surface area contributed by atoms with Crippen LogP contribution < -0.4 is 9.47 Å². The van der Waals surface area contributed by atoms with Gasteiger partial charge in [-0.1, -0.05) is 18.2 Å². The molecule has 0 heterocycles. The number of benzene rings is 2. The van der Waals surface area contributed by atoms with E-state index in [1.165, 1.54) is 37.3 Å². The Morgan fingerprint density at radius 1 is 1.20 bits per heavy atom. The topological polar surface area (TPSA) is 91.1 Å². The van der Waals surface area contributed by atoms with Crippen molar-refractivity contribution in [3.63, 3.8) is 0 Å². The van der Waals surface area contributed by atoms with Crippen LogP contribution in [0.1, 0.15) is 28.8 Å². The molecule has 3 rings (SSSR count). The molecule has 2 aromatic carbocycles. The number of nitro groups is 1. The molecule has 0 saturated heterocycles. The maximum Gasteiger partial charge on any atom is 0.286 e. The average molecular weight is 418 g/mol. The Bertz CT molecular complexity index is 932. The highest BCUT2D eigenvalue weighted by Crippen LogP contribution is 2.37. The quantitative estimate of drug-likeness (QED) is 0.333. The number of nitro benzene ring substituents is 1. The molecule has 0 atom stereocenters.